The molecule has 1 aliphatic rings. The molecule has 3 rings (SSSR count). The van der Waals surface area contributed by atoms with Gasteiger partial charge in [-0.05, 0) is 42.5 Å². The monoisotopic (exact) mass is 317 g/mol. The number of aromatic nitrogens is 1. The Labute approximate surface area is 133 Å². The highest BCUT2D eigenvalue weighted by Crippen LogP contribution is 2.40. The number of nitriles is 1. The van der Waals surface area contributed by atoms with Gasteiger partial charge < -0.3 is 5.32 Å². The molecule has 1 aromatic carbocycles. The van der Waals surface area contributed by atoms with Crippen molar-refractivity contribution in [1.82, 2.24) is 4.98 Å². The van der Waals surface area contributed by atoms with Gasteiger partial charge in [0.15, 0.2) is 0 Å². The standard InChI is InChI=1S/C16H13Cl2N3/c17-14-2-1-10(7-15(14)18)12-5-13(6-12)21-16-9-20-4-3-11(16)8-19/h1-4,7,9,12-13,21H,5-6H2. The Balaban J connectivity index is 1.63. The van der Waals surface area contributed by atoms with Gasteiger partial charge in [-0.25, -0.2) is 0 Å². The molecule has 1 aromatic heterocycles. The van der Waals surface area contributed by atoms with Gasteiger partial charge in [-0.3, -0.25) is 4.98 Å². The van der Waals surface area contributed by atoms with E-state index < -0.39 is 0 Å². The van der Waals surface area contributed by atoms with E-state index in [-0.39, 0.29) is 0 Å². The van der Waals surface area contributed by atoms with Crippen LogP contribution in [-0.4, -0.2) is 11.0 Å². The Morgan fingerprint density at radius 3 is 2.71 bits per heavy atom. The van der Waals surface area contributed by atoms with Gasteiger partial charge in [0.1, 0.15) is 6.07 Å². The summed E-state index contributed by atoms with van der Waals surface area (Å²) in [6.07, 6.45) is 5.35. The average molecular weight is 318 g/mol. The molecule has 21 heavy (non-hydrogen) atoms. The van der Waals surface area contributed by atoms with Gasteiger partial charge in [0.05, 0.1) is 27.5 Å². The fraction of sp³-hybridized carbons (Fsp3) is 0.250. The highest BCUT2D eigenvalue weighted by Gasteiger charge is 2.30. The van der Waals surface area contributed by atoms with Crippen LogP contribution in [0.2, 0.25) is 10.0 Å². The molecule has 3 nitrogen and oxygen atoms in total. The molecule has 0 atom stereocenters. The predicted molar refractivity (Wildman–Crippen MR) is 84.8 cm³/mol. The molecule has 0 unspecified atom stereocenters. The number of hydrogen-bond acceptors (Lipinski definition) is 3. The largest absolute Gasteiger partial charge is 0.380 e. The summed E-state index contributed by atoms with van der Waals surface area (Å²) in [7, 11) is 0. The first-order valence-corrected chi connectivity index (χ1v) is 7.48. The van der Waals surface area contributed by atoms with E-state index >= 15 is 0 Å². The average Bonchev–Trinajstić information content (AvgIpc) is 2.46. The van der Waals surface area contributed by atoms with Crippen LogP contribution in [-0.2, 0) is 0 Å². The summed E-state index contributed by atoms with van der Waals surface area (Å²) < 4.78 is 0. The molecule has 0 amide bonds. The number of rotatable bonds is 3. The van der Waals surface area contributed by atoms with Crippen LogP contribution in [0.15, 0.2) is 36.7 Å². The van der Waals surface area contributed by atoms with Crippen LogP contribution in [0, 0.1) is 11.3 Å². The van der Waals surface area contributed by atoms with Gasteiger partial charge in [-0.1, -0.05) is 29.3 Å². The molecule has 0 radical (unpaired) electrons. The van der Waals surface area contributed by atoms with Crippen molar-refractivity contribution in [2.75, 3.05) is 5.32 Å². The maximum atomic E-state index is 9.06. The molecule has 0 spiro atoms. The minimum Gasteiger partial charge on any atom is -0.380 e. The highest BCUT2D eigenvalue weighted by molar-refractivity contribution is 6.42. The van der Waals surface area contributed by atoms with Crippen LogP contribution in [0.1, 0.15) is 29.9 Å². The zero-order valence-corrected chi connectivity index (χ0v) is 12.7. The topological polar surface area (TPSA) is 48.7 Å². The number of anilines is 1. The number of hydrogen-bond donors (Lipinski definition) is 1. The smallest absolute Gasteiger partial charge is 0.101 e. The van der Waals surface area contributed by atoms with E-state index in [1.165, 1.54) is 5.56 Å². The number of benzene rings is 1. The van der Waals surface area contributed by atoms with Gasteiger partial charge >= 0.3 is 0 Å². The van der Waals surface area contributed by atoms with Crippen molar-refractivity contribution < 1.29 is 0 Å². The highest BCUT2D eigenvalue weighted by atomic mass is 35.5. The Hall–Kier alpha value is -1.76. The minimum absolute atomic E-state index is 0.362. The Morgan fingerprint density at radius 1 is 1.19 bits per heavy atom. The summed E-state index contributed by atoms with van der Waals surface area (Å²) in [5, 5.41) is 13.6. The molecular weight excluding hydrogens is 305 g/mol. The van der Waals surface area contributed by atoms with Crippen LogP contribution in [0.3, 0.4) is 0 Å². The van der Waals surface area contributed by atoms with Crippen molar-refractivity contribution in [1.29, 1.82) is 5.26 Å². The van der Waals surface area contributed by atoms with Crippen molar-refractivity contribution in [2.24, 2.45) is 0 Å². The first-order valence-electron chi connectivity index (χ1n) is 6.73. The van der Waals surface area contributed by atoms with Crippen LogP contribution in [0.25, 0.3) is 0 Å². The lowest BCUT2D eigenvalue weighted by Crippen LogP contribution is -2.34. The molecular formula is C16H13Cl2N3. The van der Waals surface area contributed by atoms with Crippen molar-refractivity contribution in [3.05, 3.63) is 57.8 Å². The van der Waals surface area contributed by atoms with E-state index in [1.807, 2.05) is 18.2 Å². The summed E-state index contributed by atoms with van der Waals surface area (Å²) in [4.78, 5) is 4.06. The van der Waals surface area contributed by atoms with Crippen LogP contribution >= 0.6 is 23.2 Å². The van der Waals surface area contributed by atoms with E-state index in [0.29, 0.717) is 27.6 Å². The summed E-state index contributed by atoms with van der Waals surface area (Å²) in [6, 6.07) is 10.1. The van der Waals surface area contributed by atoms with Crippen molar-refractivity contribution in [3.63, 3.8) is 0 Å². The summed E-state index contributed by atoms with van der Waals surface area (Å²) in [6.45, 7) is 0. The van der Waals surface area contributed by atoms with E-state index in [2.05, 4.69) is 16.4 Å². The van der Waals surface area contributed by atoms with Crippen LogP contribution < -0.4 is 5.32 Å². The molecule has 2 aromatic rings. The summed E-state index contributed by atoms with van der Waals surface area (Å²) in [5.74, 6) is 0.486. The van der Waals surface area contributed by atoms with Crippen LogP contribution in [0.4, 0.5) is 5.69 Å². The Morgan fingerprint density at radius 2 is 2.00 bits per heavy atom. The summed E-state index contributed by atoms with van der Waals surface area (Å²) >= 11 is 12.0. The normalized spacial score (nSPS) is 20.4. The van der Waals surface area contributed by atoms with Gasteiger partial charge in [0.25, 0.3) is 0 Å². The third kappa shape index (κ3) is 2.97. The zero-order chi connectivity index (χ0) is 14.8. The van der Waals surface area contributed by atoms with E-state index in [4.69, 9.17) is 28.5 Å². The number of pyridine rings is 1. The third-order valence-corrected chi connectivity index (χ3v) is 4.59. The number of halogens is 2. The zero-order valence-electron chi connectivity index (χ0n) is 11.2. The second kappa shape index (κ2) is 5.93. The molecule has 106 valence electrons. The van der Waals surface area contributed by atoms with Crippen LogP contribution in [0.5, 0.6) is 0 Å². The number of nitrogens with one attached hydrogen (secondary N) is 1. The van der Waals surface area contributed by atoms with Gasteiger partial charge in [-0.15, -0.1) is 0 Å². The lowest BCUT2D eigenvalue weighted by Gasteiger charge is -2.37. The first-order chi connectivity index (χ1) is 10.2. The fourth-order valence-corrected chi connectivity index (χ4v) is 2.91. The molecule has 0 saturated heterocycles. The lowest BCUT2D eigenvalue weighted by molar-refractivity contribution is 0.374. The third-order valence-electron chi connectivity index (χ3n) is 3.85. The van der Waals surface area contributed by atoms with E-state index in [9.17, 15) is 0 Å². The first kappa shape index (κ1) is 14.2. The molecule has 1 aliphatic carbocycles. The molecule has 0 bridgehead atoms. The lowest BCUT2D eigenvalue weighted by atomic mass is 9.76. The maximum absolute atomic E-state index is 9.06. The predicted octanol–water partition coefficient (Wildman–Crippen LogP) is 4.62. The Kier molecular flexibility index (Phi) is 4.01. The van der Waals surface area contributed by atoms with Gasteiger partial charge in [0.2, 0.25) is 0 Å². The SMILES string of the molecule is N#Cc1ccncc1NC1CC(c2ccc(Cl)c(Cl)c2)C1. The molecule has 1 heterocycles. The number of nitrogens with zero attached hydrogens (tertiary/aromatic N) is 2. The van der Waals surface area contributed by atoms with E-state index in [1.54, 1.807) is 18.5 Å². The molecule has 0 aliphatic heterocycles. The maximum Gasteiger partial charge on any atom is 0.101 e. The molecule has 5 heteroatoms. The second-order valence-corrected chi connectivity index (χ2v) is 6.03. The van der Waals surface area contributed by atoms with Gasteiger partial charge in [0, 0.05) is 12.2 Å². The molecule has 1 saturated carbocycles. The van der Waals surface area contributed by atoms with Crippen molar-refractivity contribution in [2.45, 2.75) is 24.8 Å². The summed E-state index contributed by atoms with van der Waals surface area (Å²) in [5.41, 5.74) is 2.65. The van der Waals surface area contributed by atoms with Crippen molar-refractivity contribution in [3.8, 4) is 6.07 Å². The quantitative estimate of drug-likeness (QED) is 0.898. The fourth-order valence-electron chi connectivity index (χ4n) is 2.60. The molecule has 1 N–H and O–H groups in total. The minimum atomic E-state index is 0.362. The Bertz CT molecular complexity index is 703. The van der Waals surface area contributed by atoms with E-state index in [0.717, 1.165) is 18.5 Å². The second-order valence-electron chi connectivity index (χ2n) is 5.22. The van der Waals surface area contributed by atoms with Gasteiger partial charge in [-0.2, -0.15) is 5.26 Å². The molecule has 1 fully saturated rings. The van der Waals surface area contributed by atoms with Crippen molar-refractivity contribution >= 4 is 28.9 Å².